The van der Waals surface area contributed by atoms with Gasteiger partial charge in [-0.15, -0.1) is 0 Å². The van der Waals surface area contributed by atoms with E-state index >= 15 is 0 Å². The number of aryl methyl sites for hydroxylation is 1. The monoisotopic (exact) mass is 460 g/mol. The summed E-state index contributed by atoms with van der Waals surface area (Å²) in [6.07, 6.45) is 0. The number of hydrogen-bond acceptors (Lipinski definition) is 7. The highest BCUT2D eigenvalue weighted by molar-refractivity contribution is 7.93. The number of amidine groups is 1. The summed E-state index contributed by atoms with van der Waals surface area (Å²) >= 11 is 0. The third-order valence-electron chi connectivity index (χ3n) is 4.82. The minimum absolute atomic E-state index is 0.0858. The Morgan fingerprint density at radius 2 is 1.91 bits per heavy atom. The van der Waals surface area contributed by atoms with E-state index in [0.717, 1.165) is 11.2 Å². The van der Waals surface area contributed by atoms with Crippen LogP contribution in [0.1, 0.15) is 48.7 Å². The van der Waals surface area contributed by atoms with Crippen LogP contribution >= 0.6 is 0 Å². The number of benzene rings is 1. The molecule has 0 radical (unpaired) electrons. The lowest BCUT2D eigenvalue weighted by molar-refractivity contribution is 0.0824. The van der Waals surface area contributed by atoms with Crippen LogP contribution in [0.15, 0.2) is 50.8 Å². The fraction of sp³-hybridized carbons (Fsp3) is 0.364. The SMILES string of the molecule is Cc1ccc([C@H](N=C2NS(=O)(=O)C=C2Nc2cccc(C(=O)N(C)C)c2O)C(C)(C)C)o1. The number of aliphatic imine (C=N–C) groups is 1. The van der Waals surface area contributed by atoms with Crippen molar-refractivity contribution in [1.29, 1.82) is 0 Å². The number of phenolic OH excluding ortho intramolecular Hbond substituents is 1. The molecule has 10 heteroatoms. The minimum atomic E-state index is -3.78. The third kappa shape index (κ3) is 4.96. The molecule has 0 saturated heterocycles. The van der Waals surface area contributed by atoms with Crippen LogP contribution in [-0.4, -0.2) is 44.3 Å². The predicted molar refractivity (Wildman–Crippen MR) is 123 cm³/mol. The van der Waals surface area contributed by atoms with Gasteiger partial charge in [-0.05, 0) is 36.6 Å². The number of carbonyl (C=O) groups excluding carboxylic acids is 1. The van der Waals surface area contributed by atoms with E-state index in [-0.39, 0.29) is 39.9 Å². The van der Waals surface area contributed by atoms with Crippen molar-refractivity contribution in [3.8, 4) is 5.75 Å². The smallest absolute Gasteiger partial charge is 0.258 e. The fourth-order valence-corrected chi connectivity index (χ4v) is 4.20. The summed E-state index contributed by atoms with van der Waals surface area (Å²) in [5.74, 6) is 0.747. The maximum absolute atomic E-state index is 12.3. The number of rotatable bonds is 5. The van der Waals surface area contributed by atoms with Crippen molar-refractivity contribution < 1.29 is 22.7 Å². The highest BCUT2D eigenvalue weighted by atomic mass is 32.2. The van der Waals surface area contributed by atoms with E-state index in [1.54, 1.807) is 26.2 Å². The molecule has 32 heavy (non-hydrogen) atoms. The van der Waals surface area contributed by atoms with E-state index in [4.69, 9.17) is 4.42 Å². The number of aromatic hydroxyl groups is 1. The molecular weight excluding hydrogens is 432 g/mol. The van der Waals surface area contributed by atoms with Gasteiger partial charge in [0.2, 0.25) is 0 Å². The first-order valence-electron chi connectivity index (χ1n) is 9.98. The molecule has 0 bridgehead atoms. The molecule has 2 heterocycles. The van der Waals surface area contributed by atoms with E-state index in [1.165, 1.54) is 11.0 Å². The standard InChI is InChI=1S/C22H28N4O5S/c1-13-10-11-17(31-13)19(22(2,3)4)24-20-16(12-32(29,30)25-20)23-15-9-7-8-14(18(15)27)21(28)26(5)6/h7-12,19,23,27H,1-6H3,(H,24,25)/t19-/m0/s1. The van der Waals surface area contributed by atoms with E-state index in [9.17, 15) is 18.3 Å². The number of nitrogens with one attached hydrogen (secondary N) is 2. The number of anilines is 1. The molecule has 0 spiro atoms. The third-order valence-corrected chi connectivity index (χ3v) is 5.84. The summed E-state index contributed by atoms with van der Waals surface area (Å²) in [5, 5.41) is 14.5. The van der Waals surface area contributed by atoms with Crippen molar-refractivity contribution in [2.45, 2.75) is 33.7 Å². The largest absolute Gasteiger partial charge is 0.505 e. The molecule has 0 aliphatic carbocycles. The second-order valence-electron chi connectivity index (χ2n) is 8.90. The van der Waals surface area contributed by atoms with E-state index < -0.39 is 16.1 Å². The number of hydrogen-bond donors (Lipinski definition) is 3. The average molecular weight is 461 g/mol. The molecule has 1 aliphatic heterocycles. The van der Waals surface area contributed by atoms with Gasteiger partial charge in [-0.25, -0.2) is 8.42 Å². The number of sulfonamides is 1. The Hall–Kier alpha value is -3.27. The van der Waals surface area contributed by atoms with Crippen LogP contribution in [0.4, 0.5) is 5.69 Å². The number of carbonyl (C=O) groups is 1. The summed E-state index contributed by atoms with van der Waals surface area (Å²) in [6, 6.07) is 7.79. The summed E-state index contributed by atoms with van der Waals surface area (Å²) < 4.78 is 32.8. The molecule has 0 unspecified atom stereocenters. The van der Waals surface area contributed by atoms with Crippen LogP contribution in [-0.2, 0) is 10.0 Å². The summed E-state index contributed by atoms with van der Waals surface area (Å²) in [6.45, 7) is 7.75. The Bertz CT molecular complexity index is 1200. The van der Waals surface area contributed by atoms with Crippen molar-refractivity contribution in [3.63, 3.8) is 0 Å². The fourth-order valence-electron chi connectivity index (χ4n) is 3.23. The minimum Gasteiger partial charge on any atom is -0.505 e. The molecule has 1 aromatic heterocycles. The highest BCUT2D eigenvalue weighted by Crippen LogP contribution is 2.38. The molecule has 9 nitrogen and oxygen atoms in total. The molecule has 3 rings (SSSR count). The van der Waals surface area contributed by atoms with Crippen molar-refractivity contribution in [2.75, 3.05) is 19.4 Å². The van der Waals surface area contributed by atoms with Gasteiger partial charge in [-0.3, -0.25) is 14.5 Å². The van der Waals surface area contributed by atoms with Crippen LogP contribution in [0.25, 0.3) is 0 Å². The van der Waals surface area contributed by atoms with Gasteiger partial charge in [-0.2, -0.15) is 0 Å². The van der Waals surface area contributed by atoms with E-state index in [1.807, 2.05) is 39.8 Å². The predicted octanol–water partition coefficient (Wildman–Crippen LogP) is 3.37. The zero-order valence-electron chi connectivity index (χ0n) is 18.9. The number of para-hydroxylation sites is 1. The lowest BCUT2D eigenvalue weighted by Crippen LogP contribution is -2.28. The first kappa shape index (κ1) is 23.4. The zero-order valence-corrected chi connectivity index (χ0v) is 19.7. The Kier molecular flexibility index (Phi) is 6.10. The van der Waals surface area contributed by atoms with Gasteiger partial charge in [0.05, 0.1) is 22.4 Å². The van der Waals surface area contributed by atoms with Crippen molar-refractivity contribution in [1.82, 2.24) is 9.62 Å². The van der Waals surface area contributed by atoms with Crippen LogP contribution < -0.4 is 10.0 Å². The maximum atomic E-state index is 12.3. The van der Waals surface area contributed by atoms with Crippen LogP contribution in [0, 0.1) is 12.3 Å². The van der Waals surface area contributed by atoms with Gasteiger partial charge >= 0.3 is 0 Å². The second-order valence-corrected chi connectivity index (χ2v) is 10.4. The van der Waals surface area contributed by atoms with Crippen LogP contribution in [0.5, 0.6) is 5.75 Å². The summed E-state index contributed by atoms with van der Waals surface area (Å²) in [7, 11) is -0.628. The Morgan fingerprint density at radius 3 is 2.47 bits per heavy atom. The molecule has 1 aromatic carbocycles. The number of amides is 1. The van der Waals surface area contributed by atoms with Crippen molar-refractivity contribution in [3.05, 3.63) is 58.5 Å². The zero-order chi connectivity index (χ0) is 23.8. The molecule has 172 valence electrons. The molecule has 2 aromatic rings. The van der Waals surface area contributed by atoms with Crippen molar-refractivity contribution in [2.24, 2.45) is 10.4 Å². The van der Waals surface area contributed by atoms with Gasteiger partial charge in [0.25, 0.3) is 15.9 Å². The normalized spacial score (nSPS) is 17.6. The van der Waals surface area contributed by atoms with Crippen LogP contribution in [0.2, 0.25) is 0 Å². The summed E-state index contributed by atoms with van der Waals surface area (Å²) in [5.41, 5.74) is 0.0342. The topological polar surface area (TPSA) is 124 Å². The van der Waals surface area contributed by atoms with E-state index in [0.29, 0.717) is 5.76 Å². The summed E-state index contributed by atoms with van der Waals surface area (Å²) in [4.78, 5) is 18.3. The molecule has 1 atom stereocenters. The lowest BCUT2D eigenvalue weighted by atomic mass is 9.85. The molecule has 3 N–H and O–H groups in total. The quantitative estimate of drug-likeness (QED) is 0.588. The number of furan rings is 1. The molecule has 0 fully saturated rings. The van der Waals surface area contributed by atoms with Gasteiger partial charge in [-0.1, -0.05) is 26.8 Å². The number of nitrogens with zero attached hydrogens (tertiary/aromatic N) is 2. The van der Waals surface area contributed by atoms with E-state index in [2.05, 4.69) is 15.0 Å². The highest BCUT2D eigenvalue weighted by Gasteiger charge is 2.33. The van der Waals surface area contributed by atoms with Gasteiger partial charge < -0.3 is 19.7 Å². The average Bonchev–Trinajstić information content (AvgIpc) is 3.21. The lowest BCUT2D eigenvalue weighted by Gasteiger charge is -2.26. The molecular formula is C22H28N4O5S. The first-order chi connectivity index (χ1) is 14.8. The Labute approximate surface area is 187 Å². The molecule has 1 amide bonds. The molecule has 0 saturated carbocycles. The van der Waals surface area contributed by atoms with Gasteiger partial charge in [0.1, 0.15) is 17.6 Å². The Balaban J connectivity index is 2.02. The molecule has 1 aliphatic rings. The Morgan fingerprint density at radius 1 is 1.22 bits per heavy atom. The van der Waals surface area contributed by atoms with Gasteiger partial charge in [0, 0.05) is 14.1 Å². The number of phenols is 1. The van der Waals surface area contributed by atoms with Crippen molar-refractivity contribution >= 4 is 27.5 Å². The maximum Gasteiger partial charge on any atom is 0.258 e. The second kappa shape index (κ2) is 8.34. The first-order valence-corrected chi connectivity index (χ1v) is 11.5. The van der Waals surface area contributed by atoms with Gasteiger partial charge in [0.15, 0.2) is 11.6 Å². The van der Waals surface area contributed by atoms with Crippen LogP contribution in [0.3, 0.4) is 0 Å².